The Labute approximate surface area is 147 Å². The standard InChI is InChI=1S/C17H24Cl2N2O2/c1-17(2,3)23-16(22)12-6-7-21(15(20)9-12)10-11-4-5-13(18)14(19)8-11/h4-5,8,12,15H,6-7,9-10,20H2,1-3H3/t12-,15+/m1/s1. The van der Waals surface area contributed by atoms with E-state index in [1.807, 2.05) is 32.9 Å². The third-order valence-electron chi connectivity index (χ3n) is 3.87. The van der Waals surface area contributed by atoms with Crippen molar-refractivity contribution < 1.29 is 9.53 Å². The largest absolute Gasteiger partial charge is 0.460 e. The summed E-state index contributed by atoms with van der Waals surface area (Å²) in [6.07, 6.45) is 1.19. The SMILES string of the molecule is CC(C)(C)OC(=O)[C@@H]1CCN(Cc2ccc(Cl)c(Cl)c2)[C@H](N)C1. The van der Waals surface area contributed by atoms with Crippen molar-refractivity contribution >= 4 is 29.2 Å². The highest BCUT2D eigenvalue weighted by Gasteiger charge is 2.33. The third kappa shape index (κ3) is 5.35. The lowest BCUT2D eigenvalue weighted by molar-refractivity contribution is -0.162. The van der Waals surface area contributed by atoms with Gasteiger partial charge in [0.15, 0.2) is 0 Å². The number of piperidine rings is 1. The van der Waals surface area contributed by atoms with Gasteiger partial charge in [-0.05, 0) is 51.3 Å². The fourth-order valence-electron chi connectivity index (χ4n) is 2.71. The van der Waals surface area contributed by atoms with Crippen LogP contribution < -0.4 is 5.73 Å². The van der Waals surface area contributed by atoms with Gasteiger partial charge in [0.05, 0.1) is 22.1 Å². The molecule has 0 saturated carbocycles. The molecule has 1 aliphatic heterocycles. The zero-order valence-corrected chi connectivity index (χ0v) is 15.3. The van der Waals surface area contributed by atoms with Crippen molar-refractivity contribution in [2.45, 2.75) is 51.9 Å². The minimum absolute atomic E-state index is 0.130. The molecule has 2 rings (SSSR count). The van der Waals surface area contributed by atoms with Crippen LogP contribution in [0.4, 0.5) is 0 Å². The maximum Gasteiger partial charge on any atom is 0.309 e. The second kappa shape index (κ2) is 7.39. The van der Waals surface area contributed by atoms with E-state index >= 15 is 0 Å². The van der Waals surface area contributed by atoms with Gasteiger partial charge in [-0.2, -0.15) is 0 Å². The summed E-state index contributed by atoms with van der Waals surface area (Å²) < 4.78 is 5.46. The van der Waals surface area contributed by atoms with Gasteiger partial charge in [-0.15, -0.1) is 0 Å². The van der Waals surface area contributed by atoms with Gasteiger partial charge in [0.25, 0.3) is 0 Å². The average molecular weight is 359 g/mol. The van der Waals surface area contributed by atoms with E-state index in [2.05, 4.69) is 4.90 Å². The molecule has 0 aromatic heterocycles. The summed E-state index contributed by atoms with van der Waals surface area (Å²) in [5, 5.41) is 1.09. The molecular formula is C17H24Cl2N2O2. The minimum Gasteiger partial charge on any atom is -0.460 e. The maximum atomic E-state index is 12.2. The number of carbonyl (C=O) groups is 1. The van der Waals surface area contributed by atoms with Crippen molar-refractivity contribution in [1.82, 2.24) is 4.90 Å². The highest BCUT2D eigenvalue weighted by molar-refractivity contribution is 6.42. The molecule has 1 aromatic carbocycles. The molecule has 6 heteroatoms. The molecule has 1 aliphatic rings. The van der Waals surface area contributed by atoms with E-state index in [-0.39, 0.29) is 18.1 Å². The highest BCUT2D eigenvalue weighted by Crippen LogP contribution is 2.27. The molecule has 128 valence electrons. The number of benzene rings is 1. The van der Waals surface area contributed by atoms with Crippen molar-refractivity contribution in [1.29, 1.82) is 0 Å². The molecule has 1 aromatic rings. The first-order valence-corrected chi connectivity index (χ1v) is 8.58. The van der Waals surface area contributed by atoms with Crippen LogP contribution in [0.2, 0.25) is 10.0 Å². The summed E-state index contributed by atoms with van der Waals surface area (Å²) in [4.78, 5) is 14.3. The lowest BCUT2D eigenvalue weighted by atomic mass is 9.94. The monoisotopic (exact) mass is 358 g/mol. The number of esters is 1. The second-order valence-corrected chi connectivity index (χ2v) is 7.86. The normalized spacial score (nSPS) is 22.9. The first-order valence-electron chi connectivity index (χ1n) is 7.82. The molecule has 4 nitrogen and oxygen atoms in total. The predicted molar refractivity (Wildman–Crippen MR) is 93.4 cm³/mol. The summed E-state index contributed by atoms with van der Waals surface area (Å²) in [6.45, 7) is 7.09. The number of nitrogens with zero attached hydrogens (tertiary/aromatic N) is 1. The van der Waals surface area contributed by atoms with Gasteiger partial charge in [-0.3, -0.25) is 9.69 Å². The van der Waals surface area contributed by atoms with Crippen molar-refractivity contribution in [3.8, 4) is 0 Å². The second-order valence-electron chi connectivity index (χ2n) is 7.04. The van der Waals surface area contributed by atoms with Crippen LogP contribution in [0.15, 0.2) is 18.2 Å². The molecule has 1 heterocycles. The number of hydrogen-bond acceptors (Lipinski definition) is 4. The number of likely N-dealkylation sites (tertiary alicyclic amines) is 1. The molecule has 0 aliphatic carbocycles. The molecular weight excluding hydrogens is 335 g/mol. The van der Waals surface area contributed by atoms with E-state index in [0.29, 0.717) is 23.0 Å². The first-order chi connectivity index (χ1) is 10.7. The molecule has 2 N–H and O–H groups in total. The quantitative estimate of drug-likeness (QED) is 0.834. The van der Waals surface area contributed by atoms with Gasteiger partial charge >= 0.3 is 5.97 Å². The molecule has 2 atom stereocenters. The zero-order valence-electron chi connectivity index (χ0n) is 13.8. The Morgan fingerprint density at radius 3 is 2.61 bits per heavy atom. The van der Waals surface area contributed by atoms with E-state index in [1.165, 1.54) is 0 Å². The van der Waals surface area contributed by atoms with Crippen molar-refractivity contribution in [3.05, 3.63) is 33.8 Å². The molecule has 0 amide bonds. The van der Waals surface area contributed by atoms with Crippen LogP contribution in [-0.4, -0.2) is 29.2 Å². The lowest BCUT2D eigenvalue weighted by Crippen LogP contribution is -2.49. The van der Waals surface area contributed by atoms with Gasteiger partial charge in [0.1, 0.15) is 5.60 Å². The van der Waals surface area contributed by atoms with Crippen LogP contribution in [0.5, 0.6) is 0 Å². The van der Waals surface area contributed by atoms with Crippen molar-refractivity contribution in [2.24, 2.45) is 11.7 Å². The van der Waals surface area contributed by atoms with Crippen LogP contribution in [-0.2, 0) is 16.1 Å². The van der Waals surface area contributed by atoms with Crippen molar-refractivity contribution in [3.63, 3.8) is 0 Å². The van der Waals surface area contributed by atoms with Crippen LogP contribution in [0.25, 0.3) is 0 Å². The molecule has 1 saturated heterocycles. The van der Waals surface area contributed by atoms with Gasteiger partial charge in [0.2, 0.25) is 0 Å². The highest BCUT2D eigenvalue weighted by atomic mass is 35.5. The van der Waals surface area contributed by atoms with Crippen LogP contribution >= 0.6 is 23.2 Å². The fourth-order valence-corrected chi connectivity index (χ4v) is 3.03. The topological polar surface area (TPSA) is 55.6 Å². The van der Waals surface area contributed by atoms with Crippen LogP contribution in [0.1, 0.15) is 39.2 Å². The van der Waals surface area contributed by atoms with Gasteiger partial charge in [-0.1, -0.05) is 29.3 Å². The van der Waals surface area contributed by atoms with Gasteiger partial charge in [-0.25, -0.2) is 0 Å². The van der Waals surface area contributed by atoms with Crippen molar-refractivity contribution in [2.75, 3.05) is 6.54 Å². The number of halogens is 2. The number of hydrogen-bond donors (Lipinski definition) is 1. The molecule has 0 bridgehead atoms. The third-order valence-corrected chi connectivity index (χ3v) is 4.61. The Morgan fingerprint density at radius 2 is 2.04 bits per heavy atom. The fraction of sp³-hybridized carbons (Fsp3) is 0.588. The summed E-state index contributed by atoms with van der Waals surface area (Å²) in [5.74, 6) is -0.281. The number of rotatable bonds is 3. The Hall–Kier alpha value is -0.810. The minimum atomic E-state index is -0.460. The zero-order chi connectivity index (χ0) is 17.2. The molecule has 23 heavy (non-hydrogen) atoms. The number of carbonyl (C=O) groups excluding carboxylic acids is 1. The Morgan fingerprint density at radius 1 is 1.35 bits per heavy atom. The molecule has 0 radical (unpaired) electrons. The van der Waals surface area contributed by atoms with E-state index in [4.69, 9.17) is 33.7 Å². The molecule has 1 fully saturated rings. The predicted octanol–water partition coefficient (Wildman–Crippen LogP) is 3.83. The summed E-state index contributed by atoms with van der Waals surface area (Å²) in [7, 11) is 0. The Balaban J connectivity index is 1.93. The summed E-state index contributed by atoms with van der Waals surface area (Å²) in [5.41, 5.74) is 6.85. The molecule has 0 unspecified atom stereocenters. The van der Waals surface area contributed by atoms with Gasteiger partial charge in [0, 0.05) is 13.1 Å². The molecule has 0 spiro atoms. The Kier molecular flexibility index (Phi) is 5.95. The van der Waals surface area contributed by atoms with E-state index in [0.717, 1.165) is 18.5 Å². The van der Waals surface area contributed by atoms with Crippen LogP contribution in [0.3, 0.4) is 0 Å². The first kappa shape index (κ1) is 18.5. The number of nitrogens with two attached hydrogens (primary N) is 1. The summed E-state index contributed by atoms with van der Waals surface area (Å²) >= 11 is 12.0. The smallest absolute Gasteiger partial charge is 0.309 e. The number of ether oxygens (including phenoxy) is 1. The Bertz CT molecular complexity index is 572. The lowest BCUT2D eigenvalue weighted by Gasteiger charge is -2.37. The van der Waals surface area contributed by atoms with E-state index < -0.39 is 5.60 Å². The van der Waals surface area contributed by atoms with Crippen LogP contribution in [0, 0.1) is 5.92 Å². The maximum absolute atomic E-state index is 12.2. The average Bonchev–Trinajstić information content (AvgIpc) is 2.43. The summed E-state index contributed by atoms with van der Waals surface area (Å²) in [6, 6.07) is 5.59. The van der Waals surface area contributed by atoms with E-state index in [9.17, 15) is 4.79 Å². The van der Waals surface area contributed by atoms with E-state index in [1.54, 1.807) is 6.07 Å². The van der Waals surface area contributed by atoms with Gasteiger partial charge < -0.3 is 10.5 Å².